The lowest BCUT2D eigenvalue weighted by Gasteiger charge is -2.34. The highest BCUT2D eigenvalue weighted by molar-refractivity contribution is 5.77. The molecule has 2 N–H and O–H groups in total. The molecular formula is C15H25N3O. The lowest BCUT2D eigenvalue weighted by atomic mass is 9.99. The maximum Gasteiger partial charge on any atom is 0.236 e. The van der Waals surface area contributed by atoms with E-state index in [4.69, 9.17) is 5.73 Å². The Balaban J connectivity index is 2.93. The van der Waals surface area contributed by atoms with E-state index in [0.717, 1.165) is 12.1 Å². The lowest BCUT2D eigenvalue weighted by molar-refractivity contribution is -0.130. The van der Waals surface area contributed by atoms with Gasteiger partial charge in [0.2, 0.25) is 5.91 Å². The molecule has 19 heavy (non-hydrogen) atoms. The molecule has 1 aromatic rings. The molecule has 0 radical (unpaired) electrons. The van der Waals surface area contributed by atoms with Crippen LogP contribution in [0.1, 0.15) is 25.5 Å². The molecule has 4 heteroatoms. The molecule has 0 heterocycles. The Morgan fingerprint density at radius 3 is 2.26 bits per heavy atom. The first-order valence-electron chi connectivity index (χ1n) is 6.72. The molecule has 0 aliphatic heterocycles. The van der Waals surface area contributed by atoms with E-state index in [1.54, 1.807) is 19.0 Å². The highest BCUT2D eigenvalue weighted by atomic mass is 16.2. The van der Waals surface area contributed by atoms with E-state index < -0.39 is 0 Å². The fourth-order valence-corrected chi connectivity index (χ4v) is 2.22. The van der Waals surface area contributed by atoms with Gasteiger partial charge in [-0.25, -0.2) is 0 Å². The van der Waals surface area contributed by atoms with Crippen LogP contribution >= 0.6 is 0 Å². The Morgan fingerprint density at radius 1 is 1.26 bits per heavy atom. The van der Waals surface area contributed by atoms with Gasteiger partial charge in [0.15, 0.2) is 0 Å². The van der Waals surface area contributed by atoms with Gasteiger partial charge in [0.25, 0.3) is 0 Å². The maximum absolute atomic E-state index is 11.9. The Hall–Kier alpha value is -1.39. The van der Waals surface area contributed by atoms with E-state index in [1.165, 1.54) is 0 Å². The highest BCUT2D eigenvalue weighted by Gasteiger charge is 2.24. The van der Waals surface area contributed by atoms with E-state index in [2.05, 4.69) is 24.0 Å². The van der Waals surface area contributed by atoms with Gasteiger partial charge >= 0.3 is 0 Å². The van der Waals surface area contributed by atoms with Crippen molar-refractivity contribution in [3.8, 4) is 0 Å². The Kier molecular flexibility index (Phi) is 5.99. The number of nitrogens with two attached hydrogens (primary N) is 1. The zero-order chi connectivity index (χ0) is 14.4. The van der Waals surface area contributed by atoms with Crippen LogP contribution in [0.3, 0.4) is 0 Å². The third-order valence-electron chi connectivity index (χ3n) is 3.28. The van der Waals surface area contributed by atoms with Crippen LogP contribution in [0.15, 0.2) is 30.3 Å². The quantitative estimate of drug-likeness (QED) is 0.846. The summed E-state index contributed by atoms with van der Waals surface area (Å²) < 4.78 is 0. The summed E-state index contributed by atoms with van der Waals surface area (Å²) in [7, 11) is 3.55. The molecule has 0 bridgehead atoms. The first kappa shape index (κ1) is 15.7. The summed E-state index contributed by atoms with van der Waals surface area (Å²) in [5.74, 6) is 0.100. The van der Waals surface area contributed by atoms with Crippen molar-refractivity contribution in [3.63, 3.8) is 0 Å². The number of nitrogens with zero attached hydrogens (tertiary/aromatic N) is 2. The largest absolute Gasteiger partial charge is 0.348 e. The van der Waals surface area contributed by atoms with E-state index in [-0.39, 0.29) is 18.0 Å². The van der Waals surface area contributed by atoms with Crippen LogP contribution in [0.4, 0.5) is 0 Å². The van der Waals surface area contributed by atoms with E-state index in [1.807, 2.05) is 25.1 Å². The van der Waals surface area contributed by atoms with Crippen molar-refractivity contribution in [1.29, 1.82) is 0 Å². The number of carbonyl (C=O) groups excluding carboxylic acids is 1. The summed E-state index contributed by atoms with van der Waals surface area (Å²) in [5.41, 5.74) is 7.29. The van der Waals surface area contributed by atoms with Crippen molar-refractivity contribution in [2.24, 2.45) is 5.73 Å². The van der Waals surface area contributed by atoms with Crippen LogP contribution < -0.4 is 5.73 Å². The normalized spacial score (nSPS) is 14.2. The summed E-state index contributed by atoms with van der Waals surface area (Å²) in [4.78, 5) is 15.7. The molecule has 0 saturated heterocycles. The molecule has 106 valence electrons. The Labute approximate surface area is 116 Å². The third kappa shape index (κ3) is 4.33. The first-order chi connectivity index (χ1) is 8.97. The van der Waals surface area contributed by atoms with Crippen molar-refractivity contribution in [1.82, 2.24) is 9.80 Å². The second-order valence-corrected chi connectivity index (χ2v) is 5.07. The molecule has 4 nitrogen and oxygen atoms in total. The van der Waals surface area contributed by atoms with Gasteiger partial charge < -0.3 is 10.6 Å². The SMILES string of the molecule is CCN(CC(=O)N(C)C)C(c1ccccc1)C(C)N. The van der Waals surface area contributed by atoms with Crippen LogP contribution in [0.2, 0.25) is 0 Å². The number of hydrogen-bond donors (Lipinski definition) is 1. The molecular weight excluding hydrogens is 238 g/mol. The number of benzene rings is 1. The van der Waals surface area contributed by atoms with Gasteiger partial charge in [-0.2, -0.15) is 0 Å². The topological polar surface area (TPSA) is 49.6 Å². The molecule has 1 aromatic carbocycles. The minimum absolute atomic E-state index is 0.0303. The van der Waals surface area contributed by atoms with Gasteiger partial charge in [0.05, 0.1) is 12.6 Å². The van der Waals surface area contributed by atoms with E-state index >= 15 is 0 Å². The minimum atomic E-state index is -0.0303. The van der Waals surface area contributed by atoms with Gasteiger partial charge in [0.1, 0.15) is 0 Å². The highest BCUT2D eigenvalue weighted by Crippen LogP contribution is 2.23. The Morgan fingerprint density at radius 2 is 1.84 bits per heavy atom. The zero-order valence-corrected chi connectivity index (χ0v) is 12.3. The van der Waals surface area contributed by atoms with Crippen molar-refractivity contribution < 1.29 is 4.79 Å². The van der Waals surface area contributed by atoms with E-state index in [0.29, 0.717) is 6.54 Å². The Bertz CT molecular complexity index is 390. The summed E-state index contributed by atoms with van der Waals surface area (Å²) in [6.07, 6.45) is 0. The minimum Gasteiger partial charge on any atom is -0.348 e. The number of carbonyl (C=O) groups is 1. The van der Waals surface area contributed by atoms with Crippen LogP contribution in [-0.2, 0) is 4.79 Å². The molecule has 0 saturated carbocycles. The fraction of sp³-hybridized carbons (Fsp3) is 0.533. The van der Waals surface area contributed by atoms with Crippen molar-refractivity contribution in [2.75, 3.05) is 27.2 Å². The first-order valence-corrected chi connectivity index (χ1v) is 6.72. The standard InChI is InChI=1S/C15H25N3O/c1-5-18(11-14(19)17(3)4)15(12(2)16)13-9-7-6-8-10-13/h6-10,12,15H,5,11,16H2,1-4H3. The summed E-state index contributed by atoms with van der Waals surface area (Å²) in [6, 6.07) is 10.2. The predicted molar refractivity (Wildman–Crippen MR) is 78.8 cm³/mol. The number of hydrogen-bond acceptors (Lipinski definition) is 3. The van der Waals surface area contributed by atoms with Gasteiger partial charge in [-0.3, -0.25) is 9.69 Å². The average Bonchev–Trinajstić information content (AvgIpc) is 2.38. The van der Waals surface area contributed by atoms with Crippen molar-refractivity contribution in [3.05, 3.63) is 35.9 Å². The van der Waals surface area contributed by atoms with Gasteiger partial charge in [-0.15, -0.1) is 0 Å². The number of rotatable bonds is 6. The van der Waals surface area contributed by atoms with Gasteiger partial charge in [-0.05, 0) is 19.0 Å². The molecule has 0 aliphatic rings. The van der Waals surface area contributed by atoms with Crippen LogP contribution in [0.5, 0.6) is 0 Å². The maximum atomic E-state index is 11.9. The van der Waals surface area contributed by atoms with Crippen molar-refractivity contribution >= 4 is 5.91 Å². The van der Waals surface area contributed by atoms with Crippen molar-refractivity contribution in [2.45, 2.75) is 25.9 Å². The molecule has 0 fully saturated rings. The lowest BCUT2D eigenvalue weighted by Crippen LogP contribution is -2.44. The fourth-order valence-electron chi connectivity index (χ4n) is 2.22. The molecule has 1 amide bonds. The van der Waals surface area contributed by atoms with Crippen LogP contribution in [-0.4, -0.2) is 48.9 Å². The molecule has 2 atom stereocenters. The smallest absolute Gasteiger partial charge is 0.236 e. The predicted octanol–water partition coefficient (Wildman–Crippen LogP) is 1.48. The molecule has 0 aromatic heterocycles. The summed E-state index contributed by atoms with van der Waals surface area (Å²) >= 11 is 0. The second-order valence-electron chi connectivity index (χ2n) is 5.07. The van der Waals surface area contributed by atoms with Crippen LogP contribution in [0, 0.1) is 0 Å². The van der Waals surface area contributed by atoms with E-state index in [9.17, 15) is 4.79 Å². The number of amides is 1. The summed E-state index contributed by atoms with van der Waals surface area (Å²) in [6.45, 7) is 5.23. The molecule has 0 spiro atoms. The van der Waals surface area contributed by atoms with Gasteiger partial charge in [0, 0.05) is 20.1 Å². The monoisotopic (exact) mass is 263 g/mol. The molecule has 0 aliphatic carbocycles. The van der Waals surface area contributed by atoms with Gasteiger partial charge in [-0.1, -0.05) is 37.3 Å². The average molecular weight is 263 g/mol. The third-order valence-corrected chi connectivity index (χ3v) is 3.28. The summed E-state index contributed by atoms with van der Waals surface area (Å²) in [5, 5.41) is 0. The molecule has 2 unspecified atom stereocenters. The second kappa shape index (κ2) is 7.26. The number of likely N-dealkylation sites (N-methyl/N-ethyl adjacent to an activating group) is 2. The molecule has 1 rings (SSSR count). The zero-order valence-electron chi connectivity index (χ0n) is 12.3. The van der Waals surface area contributed by atoms with Crippen LogP contribution in [0.25, 0.3) is 0 Å².